The zero-order chi connectivity index (χ0) is 36.2. The third kappa shape index (κ3) is 5.12. The molecule has 0 N–H and O–H groups in total. The van der Waals surface area contributed by atoms with Gasteiger partial charge in [0.15, 0.2) is 0 Å². The zero-order valence-corrected chi connectivity index (χ0v) is 30.4. The lowest BCUT2D eigenvalue weighted by Gasteiger charge is -2.29. The molecule has 10 rings (SSSR count). The lowest BCUT2D eigenvalue weighted by Crippen LogP contribution is -2.15. The first kappa shape index (κ1) is 31.9. The molecule has 0 bridgehead atoms. The summed E-state index contributed by atoms with van der Waals surface area (Å²) in [5.74, 6) is 0. The van der Waals surface area contributed by atoms with Crippen LogP contribution in [0.4, 0.5) is 34.1 Å². The number of nitrogens with zero attached hydrogens (tertiary/aromatic N) is 3. The van der Waals surface area contributed by atoms with Gasteiger partial charge in [-0.05, 0) is 119 Å². The summed E-state index contributed by atoms with van der Waals surface area (Å²) < 4.78 is 2.37. The first-order valence-corrected chi connectivity index (χ1v) is 18.7. The van der Waals surface area contributed by atoms with Crippen molar-refractivity contribution in [3.63, 3.8) is 0 Å². The van der Waals surface area contributed by atoms with Crippen LogP contribution < -0.4 is 9.80 Å². The Balaban J connectivity index is 1.09. The second-order valence-electron chi connectivity index (χ2n) is 14.6. The topological polar surface area (TPSA) is 11.4 Å². The Morgan fingerprint density at radius 2 is 0.815 bits per heavy atom. The molecule has 258 valence electrons. The predicted octanol–water partition coefficient (Wildman–Crippen LogP) is 14.0. The third-order valence-electron chi connectivity index (χ3n) is 11.1. The van der Waals surface area contributed by atoms with Crippen molar-refractivity contribution in [2.45, 2.75) is 19.3 Å². The van der Waals surface area contributed by atoms with Crippen LogP contribution in [-0.2, 0) is 5.41 Å². The van der Waals surface area contributed by atoms with Gasteiger partial charge in [-0.15, -0.1) is 0 Å². The summed E-state index contributed by atoms with van der Waals surface area (Å²) in [6, 6.07) is 72.4. The minimum Gasteiger partial charge on any atom is -0.310 e. The van der Waals surface area contributed by atoms with Gasteiger partial charge in [0.25, 0.3) is 0 Å². The van der Waals surface area contributed by atoms with Crippen LogP contribution in [0.5, 0.6) is 0 Å². The van der Waals surface area contributed by atoms with E-state index in [1.807, 2.05) is 0 Å². The van der Waals surface area contributed by atoms with Gasteiger partial charge in [0.2, 0.25) is 0 Å². The van der Waals surface area contributed by atoms with Crippen molar-refractivity contribution in [1.29, 1.82) is 0 Å². The van der Waals surface area contributed by atoms with Crippen LogP contribution >= 0.6 is 0 Å². The van der Waals surface area contributed by atoms with Crippen molar-refractivity contribution in [3.05, 3.63) is 211 Å². The third-order valence-corrected chi connectivity index (χ3v) is 11.1. The van der Waals surface area contributed by atoms with Crippen molar-refractivity contribution in [1.82, 2.24) is 4.57 Å². The molecule has 0 saturated carbocycles. The maximum atomic E-state index is 2.38. The van der Waals surface area contributed by atoms with Crippen LogP contribution in [0.1, 0.15) is 25.0 Å². The average Bonchev–Trinajstić information content (AvgIpc) is 3.68. The van der Waals surface area contributed by atoms with E-state index in [2.05, 4.69) is 228 Å². The number of benzene rings is 8. The highest BCUT2D eigenvalue weighted by Crippen LogP contribution is 2.51. The van der Waals surface area contributed by atoms with Gasteiger partial charge >= 0.3 is 0 Å². The summed E-state index contributed by atoms with van der Waals surface area (Å²) in [6.07, 6.45) is 0. The zero-order valence-electron chi connectivity index (χ0n) is 30.4. The van der Waals surface area contributed by atoms with Crippen molar-refractivity contribution in [3.8, 4) is 16.8 Å². The summed E-state index contributed by atoms with van der Waals surface area (Å²) in [7, 11) is 0. The molecule has 1 aliphatic rings. The lowest BCUT2D eigenvalue weighted by molar-refractivity contribution is 0.660. The van der Waals surface area contributed by atoms with Crippen LogP contribution in [-0.4, -0.2) is 4.57 Å². The first-order chi connectivity index (χ1) is 26.6. The van der Waals surface area contributed by atoms with Crippen molar-refractivity contribution < 1.29 is 0 Å². The van der Waals surface area contributed by atoms with Crippen molar-refractivity contribution in [2.75, 3.05) is 9.80 Å². The molecule has 9 aromatic rings. The molecular formula is C51H39N3. The summed E-state index contributed by atoms with van der Waals surface area (Å²) in [6.45, 7) is 4.67. The van der Waals surface area contributed by atoms with E-state index in [-0.39, 0.29) is 5.41 Å². The molecule has 0 aliphatic heterocycles. The number of para-hydroxylation sites is 4. The molecule has 0 unspecified atom stereocenters. The monoisotopic (exact) mass is 693 g/mol. The van der Waals surface area contributed by atoms with Crippen LogP contribution in [0.15, 0.2) is 200 Å². The van der Waals surface area contributed by atoms with Gasteiger partial charge < -0.3 is 14.4 Å². The van der Waals surface area contributed by atoms with Gasteiger partial charge in [-0.3, -0.25) is 0 Å². The maximum absolute atomic E-state index is 2.38. The molecule has 1 aromatic heterocycles. The molecule has 0 amide bonds. The van der Waals surface area contributed by atoms with Crippen LogP contribution in [0, 0.1) is 0 Å². The molecule has 54 heavy (non-hydrogen) atoms. The molecule has 1 heterocycles. The predicted molar refractivity (Wildman–Crippen MR) is 228 cm³/mol. The van der Waals surface area contributed by atoms with Gasteiger partial charge in [-0.25, -0.2) is 0 Å². The highest BCUT2D eigenvalue weighted by Gasteiger charge is 2.35. The van der Waals surface area contributed by atoms with E-state index in [0.29, 0.717) is 0 Å². The number of hydrogen-bond donors (Lipinski definition) is 0. The molecular weight excluding hydrogens is 655 g/mol. The Morgan fingerprint density at radius 1 is 0.352 bits per heavy atom. The van der Waals surface area contributed by atoms with Gasteiger partial charge in [-0.1, -0.05) is 117 Å². The van der Waals surface area contributed by atoms with Crippen LogP contribution in [0.2, 0.25) is 0 Å². The Kier molecular flexibility index (Phi) is 7.48. The van der Waals surface area contributed by atoms with Crippen LogP contribution in [0.3, 0.4) is 0 Å². The molecule has 0 atom stereocenters. The number of rotatable bonds is 7. The fourth-order valence-electron chi connectivity index (χ4n) is 8.60. The van der Waals surface area contributed by atoms with E-state index in [0.717, 1.165) is 39.8 Å². The van der Waals surface area contributed by atoms with Gasteiger partial charge in [0, 0.05) is 56.0 Å². The molecule has 0 spiro atoms. The molecule has 1 aliphatic carbocycles. The van der Waals surface area contributed by atoms with E-state index in [4.69, 9.17) is 0 Å². The van der Waals surface area contributed by atoms with E-state index in [1.165, 1.54) is 44.1 Å². The minimum absolute atomic E-state index is 0.0377. The molecule has 0 radical (unpaired) electrons. The standard InChI is InChI=1S/C51H39N3/c1-51(2)47-24-14-12-22-43(47)45-34-41(30-32-48(45)51)52(36-16-6-3-7-17-36)39-26-28-40(29-27-39)53(37-18-8-4-9-19-37)42-31-33-50-46(35-42)44-23-13-15-25-49(44)54(50)38-20-10-5-11-21-38/h3-35H,1-2H3. The summed E-state index contributed by atoms with van der Waals surface area (Å²) >= 11 is 0. The Bertz CT molecular complexity index is 2780. The average molecular weight is 694 g/mol. The molecule has 3 nitrogen and oxygen atoms in total. The largest absolute Gasteiger partial charge is 0.310 e. The molecule has 0 fully saturated rings. The van der Waals surface area contributed by atoms with Crippen molar-refractivity contribution in [2.24, 2.45) is 0 Å². The molecule has 8 aromatic carbocycles. The molecule has 0 saturated heterocycles. The quantitative estimate of drug-likeness (QED) is 0.165. The first-order valence-electron chi connectivity index (χ1n) is 18.7. The Morgan fingerprint density at radius 3 is 1.48 bits per heavy atom. The summed E-state index contributed by atoms with van der Waals surface area (Å²) in [5.41, 5.74) is 15.6. The number of anilines is 6. The lowest BCUT2D eigenvalue weighted by atomic mass is 9.82. The fraction of sp³-hybridized carbons (Fsp3) is 0.0588. The fourth-order valence-corrected chi connectivity index (χ4v) is 8.60. The van der Waals surface area contributed by atoms with Crippen LogP contribution in [0.25, 0.3) is 38.6 Å². The normalized spacial score (nSPS) is 12.8. The maximum Gasteiger partial charge on any atom is 0.0542 e. The van der Waals surface area contributed by atoms with E-state index in [1.54, 1.807) is 0 Å². The second kappa shape index (κ2) is 12.7. The summed E-state index contributed by atoms with van der Waals surface area (Å²) in [5, 5.41) is 2.46. The number of fused-ring (bicyclic) bond motifs is 6. The second-order valence-corrected chi connectivity index (χ2v) is 14.6. The number of hydrogen-bond acceptors (Lipinski definition) is 2. The van der Waals surface area contributed by atoms with Crippen molar-refractivity contribution >= 4 is 55.9 Å². The van der Waals surface area contributed by atoms with Gasteiger partial charge in [-0.2, -0.15) is 0 Å². The minimum atomic E-state index is -0.0377. The van der Waals surface area contributed by atoms with E-state index in [9.17, 15) is 0 Å². The van der Waals surface area contributed by atoms with E-state index < -0.39 is 0 Å². The highest BCUT2D eigenvalue weighted by atomic mass is 15.2. The van der Waals surface area contributed by atoms with E-state index >= 15 is 0 Å². The molecule has 3 heteroatoms. The van der Waals surface area contributed by atoms with Gasteiger partial charge in [0.1, 0.15) is 0 Å². The SMILES string of the molecule is CC1(C)c2ccccc2-c2cc(N(c3ccccc3)c3ccc(N(c4ccccc4)c4ccc5c(c4)c4ccccc4n5-c4ccccc4)cc3)ccc21. The number of aromatic nitrogens is 1. The smallest absolute Gasteiger partial charge is 0.0542 e. The summed E-state index contributed by atoms with van der Waals surface area (Å²) in [4.78, 5) is 4.73. The Labute approximate surface area is 316 Å². The van der Waals surface area contributed by atoms with Gasteiger partial charge in [0.05, 0.1) is 11.0 Å². The Hall–Kier alpha value is -6.84. The highest BCUT2D eigenvalue weighted by molar-refractivity contribution is 6.10.